The Balaban J connectivity index is 1.74. The van der Waals surface area contributed by atoms with Gasteiger partial charge in [-0.15, -0.1) is 0 Å². The molecule has 150 valence electrons. The van der Waals surface area contributed by atoms with Gasteiger partial charge in [0.05, 0.1) is 38.3 Å². The SMILES string of the molecule is COc1cc(OC)c(OC)cc1/C=N/NC(=O)c1cc(-c2ccccc2Cl)n[nH]1. The van der Waals surface area contributed by atoms with Gasteiger partial charge in [0.1, 0.15) is 11.4 Å². The summed E-state index contributed by atoms with van der Waals surface area (Å²) < 4.78 is 15.8. The zero-order valence-corrected chi connectivity index (χ0v) is 16.8. The van der Waals surface area contributed by atoms with Gasteiger partial charge in [0.25, 0.3) is 5.91 Å². The third-order valence-electron chi connectivity index (χ3n) is 4.08. The van der Waals surface area contributed by atoms with Gasteiger partial charge in [0, 0.05) is 17.2 Å². The van der Waals surface area contributed by atoms with E-state index in [0.717, 1.165) is 5.56 Å². The average Bonchev–Trinajstić information content (AvgIpc) is 3.23. The van der Waals surface area contributed by atoms with Gasteiger partial charge >= 0.3 is 0 Å². The minimum Gasteiger partial charge on any atom is -0.496 e. The second-order valence-electron chi connectivity index (χ2n) is 5.79. The molecule has 0 unspecified atom stereocenters. The van der Waals surface area contributed by atoms with Crippen molar-refractivity contribution in [2.45, 2.75) is 0 Å². The number of ether oxygens (including phenoxy) is 3. The normalized spacial score (nSPS) is 10.8. The van der Waals surface area contributed by atoms with Crippen molar-refractivity contribution < 1.29 is 19.0 Å². The van der Waals surface area contributed by atoms with Crippen LogP contribution in [-0.4, -0.2) is 43.6 Å². The van der Waals surface area contributed by atoms with Crippen molar-refractivity contribution in [3.63, 3.8) is 0 Å². The number of H-pyrrole nitrogens is 1. The smallest absolute Gasteiger partial charge is 0.289 e. The van der Waals surface area contributed by atoms with E-state index in [0.29, 0.717) is 33.5 Å². The lowest BCUT2D eigenvalue weighted by molar-refractivity contribution is 0.0950. The van der Waals surface area contributed by atoms with Crippen LogP contribution in [0.2, 0.25) is 5.02 Å². The third kappa shape index (κ3) is 4.49. The van der Waals surface area contributed by atoms with Gasteiger partial charge in [-0.3, -0.25) is 9.89 Å². The predicted molar refractivity (Wildman–Crippen MR) is 110 cm³/mol. The van der Waals surface area contributed by atoms with Crippen LogP contribution >= 0.6 is 11.6 Å². The Morgan fingerprint density at radius 3 is 2.45 bits per heavy atom. The highest BCUT2D eigenvalue weighted by Crippen LogP contribution is 2.33. The van der Waals surface area contributed by atoms with Gasteiger partial charge < -0.3 is 14.2 Å². The number of hydrazone groups is 1. The Kier molecular flexibility index (Phi) is 6.36. The number of halogens is 1. The molecule has 2 N–H and O–H groups in total. The van der Waals surface area contributed by atoms with Crippen molar-refractivity contribution >= 4 is 23.7 Å². The van der Waals surface area contributed by atoms with E-state index in [1.807, 2.05) is 18.2 Å². The van der Waals surface area contributed by atoms with Crippen molar-refractivity contribution in [1.82, 2.24) is 15.6 Å². The summed E-state index contributed by atoms with van der Waals surface area (Å²) in [6.07, 6.45) is 1.45. The third-order valence-corrected chi connectivity index (χ3v) is 4.41. The molecule has 2 aromatic carbocycles. The number of aromatic amines is 1. The highest BCUT2D eigenvalue weighted by atomic mass is 35.5. The van der Waals surface area contributed by atoms with Crippen molar-refractivity contribution in [2.75, 3.05) is 21.3 Å². The van der Waals surface area contributed by atoms with Gasteiger partial charge in [-0.2, -0.15) is 10.2 Å². The summed E-state index contributed by atoms with van der Waals surface area (Å²) in [6, 6.07) is 12.2. The molecule has 0 spiro atoms. The Labute approximate surface area is 172 Å². The fourth-order valence-electron chi connectivity index (χ4n) is 2.62. The number of rotatable bonds is 7. The fourth-order valence-corrected chi connectivity index (χ4v) is 2.85. The number of hydrogen-bond acceptors (Lipinski definition) is 6. The maximum absolute atomic E-state index is 12.3. The van der Waals surface area contributed by atoms with Crippen LogP contribution in [-0.2, 0) is 0 Å². The summed E-state index contributed by atoms with van der Waals surface area (Å²) >= 11 is 6.16. The molecule has 0 aliphatic carbocycles. The Morgan fingerprint density at radius 1 is 1.07 bits per heavy atom. The molecule has 0 fully saturated rings. The second-order valence-corrected chi connectivity index (χ2v) is 6.20. The molecule has 3 aromatic rings. The van der Waals surface area contributed by atoms with E-state index >= 15 is 0 Å². The average molecular weight is 415 g/mol. The monoisotopic (exact) mass is 414 g/mol. The summed E-state index contributed by atoms with van der Waals surface area (Å²) in [6.45, 7) is 0. The number of nitrogens with zero attached hydrogens (tertiary/aromatic N) is 2. The molecule has 0 saturated heterocycles. The lowest BCUT2D eigenvalue weighted by atomic mass is 10.1. The van der Waals surface area contributed by atoms with Crippen molar-refractivity contribution in [3.8, 4) is 28.5 Å². The van der Waals surface area contributed by atoms with Crippen LogP contribution < -0.4 is 19.6 Å². The fraction of sp³-hybridized carbons (Fsp3) is 0.150. The number of carbonyl (C=O) groups is 1. The molecule has 3 rings (SSSR count). The molecule has 9 heteroatoms. The number of amides is 1. The summed E-state index contributed by atoms with van der Waals surface area (Å²) in [4.78, 5) is 12.3. The van der Waals surface area contributed by atoms with Crippen molar-refractivity contribution in [1.29, 1.82) is 0 Å². The summed E-state index contributed by atoms with van der Waals surface area (Å²) in [7, 11) is 4.59. The predicted octanol–water partition coefficient (Wildman–Crippen LogP) is 3.52. The number of carbonyl (C=O) groups excluding carboxylic acids is 1. The van der Waals surface area contributed by atoms with Gasteiger partial charge in [-0.05, 0) is 18.2 Å². The molecule has 0 radical (unpaired) electrons. The quantitative estimate of drug-likeness (QED) is 0.455. The standard InChI is InChI=1S/C20H19ClN4O4/c1-27-17-10-19(29-3)18(28-2)8-12(17)11-22-25-20(26)16-9-15(23-24-16)13-6-4-5-7-14(13)21/h4-11H,1-3H3,(H,23,24)(H,25,26)/b22-11+. The molecule has 0 aliphatic heterocycles. The van der Waals surface area contributed by atoms with E-state index in [9.17, 15) is 4.79 Å². The van der Waals surface area contributed by atoms with Crippen LogP contribution in [0.3, 0.4) is 0 Å². The first kappa shape index (κ1) is 20.2. The lowest BCUT2D eigenvalue weighted by Gasteiger charge is -2.11. The van der Waals surface area contributed by atoms with Gasteiger partial charge in [-0.25, -0.2) is 5.43 Å². The number of methoxy groups -OCH3 is 3. The van der Waals surface area contributed by atoms with Gasteiger partial charge in [0.15, 0.2) is 11.5 Å². The first-order chi connectivity index (χ1) is 14.1. The lowest BCUT2D eigenvalue weighted by Crippen LogP contribution is -2.18. The Bertz CT molecular complexity index is 1050. The van der Waals surface area contributed by atoms with Crippen LogP contribution in [0.4, 0.5) is 0 Å². The van der Waals surface area contributed by atoms with Crippen molar-refractivity contribution in [3.05, 3.63) is 58.7 Å². The summed E-state index contributed by atoms with van der Waals surface area (Å²) in [5.74, 6) is 1.10. The van der Waals surface area contributed by atoms with Crippen LogP contribution in [0, 0.1) is 0 Å². The Hall–Kier alpha value is -3.52. The van der Waals surface area contributed by atoms with E-state index in [4.69, 9.17) is 25.8 Å². The molecular weight excluding hydrogens is 396 g/mol. The minimum absolute atomic E-state index is 0.247. The maximum Gasteiger partial charge on any atom is 0.289 e. The molecule has 8 nitrogen and oxygen atoms in total. The first-order valence-electron chi connectivity index (χ1n) is 8.51. The van der Waals surface area contributed by atoms with E-state index in [2.05, 4.69) is 20.7 Å². The molecule has 1 heterocycles. The second kappa shape index (κ2) is 9.11. The number of nitrogens with one attached hydrogen (secondary N) is 2. The first-order valence-corrected chi connectivity index (χ1v) is 8.89. The van der Waals surface area contributed by atoms with Gasteiger partial charge in [0.2, 0.25) is 0 Å². The molecule has 0 atom stereocenters. The number of benzene rings is 2. The zero-order valence-electron chi connectivity index (χ0n) is 16.0. The van der Waals surface area contributed by atoms with Crippen LogP contribution in [0.1, 0.15) is 16.1 Å². The van der Waals surface area contributed by atoms with Crippen LogP contribution in [0.15, 0.2) is 47.6 Å². The highest BCUT2D eigenvalue weighted by molar-refractivity contribution is 6.33. The van der Waals surface area contributed by atoms with Crippen LogP contribution in [0.5, 0.6) is 17.2 Å². The molecule has 1 aromatic heterocycles. The molecule has 29 heavy (non-hydrogen) atoms. The largest absolute Gasteiger partial charge is 0.496 e. The molecular formula is C20H19ClN4O4. The zero-order chi connectivity index (χ0) is 20.8. The van der Waals surface area contributed by atoms with E-state index in [1.54, 1.807) is 24.3 Å². The topological polar surface area (TPSA) is 97.8 Å². The van der Waals surface area contributed by atoms with E-state index in [-0.39, 0.29) is 5.69 Å². The summed E-state index contributed by atoms with van der Waals surface area (Å²) in [5, 5.41) is 11.3. The molecule has 0 aliphatic rings. The number of hydrogen-bond donors (Lipinski definition) is 2. The minimum atomic E-state index is -0.452. The molecule has 1 amide bonds. The van der Waals surface area contributed by atoms with E-state index in [1.165, 1.54) is 27.5 Å². The Morgan fingerprint density at radius 2 is 1.76 bits per heavy atom. The number of aromatic nitrogens is 2. The van der Waals surface area contributed by atoms with Crippen LogP contribution in [0.25, 0.3) is 11.3 Å². The van der Waals surface area contributed by atoms with Crippen molar-refractivity contribution in [2.24, 2.45) is 5.10 Å². The molecule has 0 saturated carbocycles. The molecule has 0 bridgehead atoms. The van der Waals surface area contributed by atoms with E-state index < -0.39 is 5.91 Å². The highest BCUT2D eigenvalue weighted by Gasteiger charge is 2.13. The maximum atomic E-state index is 12.3. The van der Waals surface area contributed by atoms with Gasteiger partial charge in [-0.1, -0.05) is 29.8 Å². The summed E-state index contributed by atoms with van der Waals surface area (Å²) in [5.41, 5.74) is 4.58.